The van der Waals surface area contributed by atoms with Gasteiger partial charge in [0.2, 0.25) is 11.8 Å². The highest BCUT2D eigenvalue weighted by atomic mass is 32.2. The minimum atomic E-state index is -0.394. The second-order valence-electron chi connectivity index (χ2n) is 7.46. The highest BCUT2D eigenvalue weighted by Crippen LogP contribution is 2.39. The van der Waals surface area contributed by atoms with E-state index in [0.717, 1.165) is 29.9 Å². The van der Waals surface area contributed by atoms with Crippen LogP contribution in [-0.2, 0) is 22.4 Å². The normalized spacial score (nSPS) is 15.7. The van der Waals surface area contributed by atoms with E-state index in [0.29, 0.717) is 18.0 Å². The number of carbonyl (C=O) groups is 2. The van der Waals surface area contributed by atoms with Crippen LogP contribution in [0.15, 0.2) is 34.1 Å². The quantitative estimate of drug-likeness (QED) is 0.416. The van der Waals surface area contributed by atoms with Crippen LogP contribution in [0.4, 0.5) is 0 Å². The van der Waals surface area contributed by atoms with Crippen molar-refractivity contribution in [3.63, 3.8) is 0 Å². The molecule has 4 rings (SSSR count). The molecular weight excluding hydrogens is 448 g/mol. The topological polar surface area (TPSA) is 89.2 Å². The molecule has 0 unspecified atom stereocenters. The molecule has 162 valence electrons. The average molecular weight is 473 g/mol. The highest BCUT2D eigenvalue weighted by molar-refractivity contribution is 7.99. The predicted molar refractivity (Wildman–Crippen MR) is 126 cm³/mol. The number of thioether (sulfide) groups is 1. The fourth-order valence-corrected chi connectivity index (χ4v) is 6.42. The number of fused-ring (bicyclic) bond motifs is 1. The lowest BCUT2D eigenvalue weighted by Crippen LogP contribution is -2.39. The maximum absolute atomic E-state index is 13.3. The third-order valence-electron chi connectivity index (χ3n) is 5.43. The molecule has 1 aliphatic heterocycles. The standard InChI is InChI=1S/C22H24N4O2S3/c1-13-15(14(2)25-22(24-13)31-12-19(23)27)5-6-20(28)26-9-7-17-16(8-11-30-17)21(26)18-4-3-10-29-18/h3-4,8,10-11,21H,5-7,9,12H2,1-2H3,(H2,23,27)/t21-/m0/s1. The maximum Gasteiger partial charge on any atom is 0.227 e. The summed E-state index contributed by atoms with van der Waals surface area (Å²) in [4.78, 5) is 37.9. The van der Waals surface area contributed by atoms with Crippen LogP contribution in [-0.4, -0.2) is 39.0 Å². The number of carbonyl (C=O) groups excluding carboxylic acids is 2. The van der Waals surface area contributed by atoms with Gasteiger partial charge in [-0.3, -0.25) is 9.59 Å². The summed E-state index contributed by atoms with van der Waals surface area (Å²) < 4.78 is 0. The Morgan fingerprint density at radius 2 is 1.97 bits per heavy atom. The Bertz CT molecular complexity index is 1070. The highest BCUT2D eigenvalue weighted by Gasteiger charge is 2.33. The second kappa shape index (κ2) is 9.50. The summed E-state index contributed by atoms with van der Waals surface area (Å²) in [6, 6.07) is 6.33. The zero-order valence-corrected chi connectivity index (χ0v) is 19.9. The van der Waals surface area contributed by atoms with E-state index in [-0.39, 0.29) is 17.7 Å². The summed E-state index contributed by atoms with van der Waals surface area (Å²) in [5.41, 5.74) is 9.17. The third kappa shape index (κ3) is 4.83. The maximum atomic E-state index is 13.3. The van der Waals surface area contributed by atoms with Crippen LogP contribution in [0.25, 0.3) is 0 Å². The van der Waals surface area contributed by atoms with Gasteiger partial charge in [0.1, 0.15) is 0 Å². The van der Waals surface area contributed by atoms with Crippen molar-refractivity contribution in [1.82, 2.24) is 14.9 Å². The van der Waals surface area contributed by atoms with Gasteiger partial charge in [-0.05, 0) is 60.7 Å². The van der Waals surface area contributed by atoms with Gasteiger partial charge in [0.25, 0.3) is 0 Å². The van der Waals surface area contributed by atoms with Gasteiger partial charge < -0.3 is 10.6 Å². The fraction of sp³-hybridized carbons (Fsp3) is 0.364. The van der Waals surface area contributed by atoms with E-state index in [1.807, 2.05) is 24.8 Å². The van der Waals surface area contributed by atoms with Gasteiger partial charge in [-0.25, -0.2) is 9.97 Å². The molecule has 0 fully saturated rings. The van der Waals surface area contributed by atoms with E-state index in [9.17, 15) is 9.59 Å². The number of thiophene rings is 2. The van der Waals surface area contributed by atoms with Gasteiger partial charge in [-0.15, -0.1) is 22.7 Å². The van der Waals surface area contributed by atoms with Crippen molar-refractivity contribution in [2.24, 2.45) is 5.73 Å². The van der Waals surface area contributed by atoms with Gasteiger partial charge in [0.15, 0.2) is 5.16 Å². The molecule has 0 saturated heterocycles. The van der Waals surface area contributed by atoms with Crippen molar-refractivity contribution in [2.75, 3.05) is 12.3 Å². The number of aryl methyl sites for hydroxylation is 2. The van der Waals surface area contributed by atoms with Gasteiger partial charge in [0.05, 0.1) is 11.8 Å². The van der Waals surface area contributed by atoms with Crippen molar-refractivity contribution in [3.8, 4) is 0 Å². The lowest BCUT2D eigenvalue weighted by Gasteiger charge is -2.35. The van der Waals surface area contributed by atoms with Gasteiger partial charge in [0, 0.05) is 34.1 Å². The zero-order chi connectivity index (χ0) is 22.0. The van der Waals surface area contributed by atoms with E-state index in [1.54, 1.807) is 22.7 Å². The molecule has 1 aliphatic rings. The molecule has 0 bridgehead atoms. The molecule has 0 aliphatic carbocycles. The van der Waals surface area contributed by atoms with Crippen molar-refractivity contribution in [1.29, 1.82) is 0 Å². The van der Waals surface area contributed by atoms with Crippen LogP contribution in [0.5, 0.6) is 0 Å². The largest absolute Gasteiger partial charge is 0.369 e. The van der Waals surface area contributed by atoms with E-state index in [4.69, 9.17) is 5.73 Å². The molecule has 0 radical (unpaired) electrons. The molecule has 6 nitrogen and oxygen atoms in total. The first-order valence-corrected chi connectivity index (χ1v) is 12.8. The Labute approximate surface area is 193 Å². The summed E-state index contributed by atoms with van der Waals surface area (Å²) in [6.07, 6.45) is 1.93. The molecule has 3 aromatic heterocycles. The van der Waals surface area contributed by atoms with E-state index in [1.165, 1.54) is 27.1 Å². The average Bonchev–Trinajstić information content (AvgIpc) is 3.42. The van der Waals surface area contributed by atoms with Crippen LogP contribution in [0, 0.1) is 13.8 Å². The van der Waals surface area contributed by atoms with E-state index in [2.05, 4.69) is 32.9 Å². The Morgan fingerprint density at radius 3 is 2.65 bits per heavy atom. The van der Waals surface area contributed by atoms with Crippen molar-refractivity contribution < 1.29 is 9.59 Å². The number of primary amides is 1. The van der Waals surface area contributed by atoms with Crippen LogP contribution in [0.1, 0.15) is 44.7 Å². The summed E-state index contributed by atoms with van der Waals surface area (Å²) in [5, 5.41) is 4.74. The Kier molecular flexibility index (Phi) is 6.74. The number of rotatable bonds is 7. The molecule has 0 aromatic carbocycles. The predicted octanol–water partition coefficient (Wildman–Crippen LogP) is 3.90. The monoisotopic (exact) mass is 472 g/mol. The molecular formula is C22H24N4O2S3. The van der Waals surface area contributed by atoms with Crippen molar-refractivity contribution >= 4 is 46.2 Å². The smallest absolute Gasteiger partial charge is 0.227 e. The molecule has 2 N–H and O–H groups in total. The molecule has 9 heteroatoms. The van der Waals surface area contributed by atoms with Crippen LogP contribution < -0.4 is 5.73 Å². The van der Waals surface area contributed by atoms with Crippen molar-refractivity contribution in [3.05, 3.63) is 61.2 Å². The van der Waals surface area contributed by atoms with Crippen molar-refractivity contribution in [2.45, 2.75) is 44.3 Å². The number of amides is 2. The molecule has 4 heterocycles. The minimum Gasteiger partial charge on any atom is -0.369 e. The van der Waals surface area contributed by atoms with Gasteiger partial charge in [-0.2, -0.15) is 0 Å². The lowest BCUT2D eigenvalue weighted by molar-refractivity contribution is -0.133. The van der Waals surface area contributed by atoms with Gasteiger partial charge >= 0.3 is 0 Å². The molecule has 2 amide bonds. The number of hydrogen-bond acceptors (Lipinski definition) is 7. The zero-order valence-electron chi connectivity index (χ0n) is 17.5. The fourth-order valence-electron chi connectivity index (χ4n) is 3.98. The Morgan fingerprint density at radius 1 is 1.19 bits per heavy atom. The lowest BCUT2D eigenvalue weighted by atomic mass is 9.97. The third-order valence-corrected chi connectivity index (χ3v) is 8.22. The SMILES string of the molecule is Cc1nc(SCC(N)=O)nc(C)c1CCC(=O)N1CCc2sccc2[C@H]1c1cccs1. The molecule has 3 aromatic rings. The first-order chi connectivity index (χ1) is 14.9. The Balaban J connectivity index is 1.49. The summed E-state index contributed by atoms with van der Waals surface area (Å²) >= 11 is 4.72. The van der Waals surface area contributed by atoms with Gasteiger partial charge in [-0.1, -0.05) is 17.8 Å². The summed E-state index contributed by atoms with van der Waals surface area (Å²) in [7, 11) is 0. The summed E-state index contributed by atoms with van der Waals surface area (Å²) in [6.45, 7) is 4.59. The number of hydrogen-bond donors (Lipinski definition) is 1. The van der Waals surface area contributed by atoms with Crippen LogP contribution >= 0.6 is 34.4 Å². The molecule has 0 saturated carbocycles. The van der Waals surface area contributed by atoms with Crippen LogP contribution in [0.2, 0.25) is 0 Å². The number of nitrogens with zero attached hydrogens (tertiary/aromatic N) is 3. The first-order valence-electron chi connectivity index (χ1n) is 10.1. The minimum absolute atomic E-state index is 0.00789. The van der Waals surface area contributed by atoms with E-state index < -0.39 is 5.91 Å². The molecule has 1 atom stereocenters. The first kappa shape index (κ1) is 22.0. The Hall–Kier alpha value is -2.23. The van der Waals surface area contributed by atoms with Crippen LogP contribution in [0.3, 0.4) is 0 Å². The number of aromatic nitrogens is 2. The number of nitrogens with two attached hydrogens (primary N) is 1. The second-order valence-corrected chi connectivity index (χ2v) is 10.4. The van der Waals surface area contributed by atoms with E-state index >= 15 is 0 Å². The molecule has 0 spiro atoms. The summed E-state index contributed by atoms with van der Waals surface area (Å²) in [5.74, 6) is -0.0872. The molecule has 31 heavy (non-hydrogen) atoms.